The summed E-state index contributed by atoms with van der Waals surface area (Å²) in [6, 6.07) is 6.55. The lowest BCUT2D eigenvalue weighted by atomic mass is 10.0. The quantitative estimate of drug-likeness (QED) is 0.598. The van der Waals surface area contributed by atoms with Crippen molar-refractivity contribution in [2.45, 2.75) is 18.8 Å². The minimum absolute atomic E-state index is 0.000220. The molecular formula is C21H18ClF2N3O4. The number of pyridine rings is 1. The van der Waals surface area contributed by atoms with E-state index in [1.165, 1.54) is 24.4 Å². The van der Waals surface area contributed by atoms with Gasteiger partial charge in [-0.3, -0.25) is 14.7 Å². The molecule has 1 N–H and O–H groups in total. The van der Waals surface area contributed by atoms with Crippen LogP contribution in [0.25, 0.3) is 22.2 Å². The van der Waals surface area contributed by atoms with Crippen molar-refractivity contribution >= 4 is 40.3 Å². The van der Waals surface area contributed by atoms with Crippen LogP contribution in [0.1, 0.15) is 23.2 Å². The Hall–Kier alpha value is -3.20. The maximum atomic E-state index is 13.3. The molecule has 10 heteroatoms. The second-order valence-corrected chi connectivity index (χ2v) is 7.78. The molecule has 0 radical (unpaired) electrons. The van der Waals surface area contributed by atoms with E-state index < -0.39 is 12.0 Å². The molecular weight excluding hydrogens is 432 g/mol. The highest BCUT2D eigenvalue weighted by atomic mass is 35.5. The number of fused-ring (bicyclic) bond motifs is 1. The minimum Gasteiger partial charge on any atom is -0.465 e. The van der Waals surface area contributed by atoms with Gasteiger partial charge in [0.1, 0.15) is 6.26 Å². The van der Waals surface area contributed by atoms with Crippen molar-refractivity contribution in [1.82, 2.24) is 9.88 Å². The highest BCUT2D eigenvalue weighted by Crippen LogP contribution is 2.37. The van der Waals surface area contributed by atoms with Crippen molar-refractivity contribution in [1.29, 1.82) is 0 Å². The number of rotatable bonds is 3. The van der Waals surface area contributed by atoms with Gasteiger partial charge in [0.2, 0.25) is 0 Å². The van der Waals surface area contributed by atoms with Crippen LogP contribution < -0.4 is 4.90 Å². The molecule has 1 aromatic carbocycles. The number of hydrogen-bond donors (Lipinski definition) is 1. The molecule has 0 unspecified atom stereocenters. The Labute approximate surface area is 180 Å². The van der Waals surface area contributed by atoms with Crippen LogP contribution in [0.15, 0.2) is 41.1 Å². The van der Waals surface area contributed by atoms with Crippen LogP contribution in [0.3, 0.4) is 0 Å². The number of alkyl halides is 2. The lowest BCUT2D eigenvalue weighted by molar-refractivity contribution is -0.0494. The first-order valence-corrected chi connectivity index (χ1v) is 9.85. The molecule has 162 valence electrons. The molecule has 0 aliphatic carbocycles. The summed E-state index contributed by atoms with van der Waals surface area (Å²) in [6.45, 7) is 0.000439. The number of carbonyl (C=O) groups is 2. The lowest BCUT2D eigenvalue weighted by Gasteiger charge is -2.31. The Bertz CT molecular complexity index is 1150. The largest absolute Gasteiger partial charge is 0.465 e. The number of benzene rings is 1. The summed E-state index contributed by atoms with van der Waals surface area (Å²) in [5.41, 5.74) is 2.10. The monoisotopic (exact) mass is 449 g/mol. The SMILES string of the molecule is CN(C(=O)O)c1coc2c(Cl)cc(-c3ccc(C(=O)N4CCC(F)(F)CC4)cn3)cc12. The number of nitrogens with zero attached hydrogens (tertiary/aromatic N) is 3. The third-order valence-electron chi connectivity index (χ3n) is 5.34. The fourth-order valence-electron chi connectivity index (χ4n) is 3.50. The van der Waals surface area contributed by atoms with Crippen LogP contribution in [0.4, 0.5) is 19.3 Å². The molecule has 0 spiro atoms. The molecule has 3 aromatic rings. The van der Waals surface area contributed by atoms with E-state index in [1.807, 2.05) is 0 Å². The van der Waals surface area contributed by atoms with Crippen molar-refractivity contribution in [2.75, 3.05) is 25.0 Å². The van der Waals surface area contributed by atoms with Crippen molar-refractivity contribution in [3.8, 4) is 11.3 Å². The van der Waals surface area contributed by atoms with Gasteiger partial charge in [-0.25, -0.2) is 13.6 Å². The average molecular weight is 450 g/mol. The van der Waals surface area contributed by atoms with Gasteiger partial charge in [-0.2, -0.15) is 0 Å². The van der Waals surface area contributed by atoms with E-state index in [4.69, 9.17) is 16.0 Å². The molecule has 0 bridgehead atoms. The second-order valence-electron chi connectivity index (χ2n) is 7.38. The Morgan fingerprint density at radius 1 is 1.26 bits per heavy atom. The Morgan fingerprint density at radius 2 is 1.97 bits per heavy atom. The van der Waals surface area contributed by atoms with E-state index >= 15 is 0 Å². The lowest BCUT2D eigenvalue weighted by Crippen LogP contribution is -2.42. The summed E-state index contributed by atoms with van der Waals surface area (Å²) < 4.78 is 32.1. The van der Waals surface area contributed by atoms with E-state index in [2.05, 4.69) is 4.98 Å². The number of anilines is 1. The zero-order valence-electron chi connectivity index (χ0n) is 16.4. The van der Waals surface area contributed by atoms with Gasteiger partial charge in [0.05, 0.1) is 22.0 Å². The molecule has 0 atom stereocenters. The van der Waals surface area contributed by atoms with Crippen LogP contribution in [0, 0.1) is 0 Å². The Balaban J connectivity index is 1.61. The molecule has 1 aliphatic rings. The molecule has 7 nitrogen and oxygen atoms in total. The van der Waals surface area contributed by atoms with Crippen molar-refractivity contribution in [3.05, 3.63) is 47.3 Å². The van der Waals surface area contributed by atoms with Gasteiger partial charge in [-0.15, -0.1) is 0 Å². The minimum atomic E-state index is -2.72. The predicted molar refractivity (Wildman–Crippen MR) is 111 cm³/mol. The maximum absolute atomic E-state index is 13.3. The van der Waals surface area contributed by atoms with Crippen molar-refractivity contribution in [2.24, 2.45) is 0 Å². The number of carbonyl (C=O) groups excluding carboxylic acids is 1. The number of carboxylic acid groups (broad SMARTS) is 1. The first-order valence-electron chi connectivity index (χ1n) is 9.47. The standard InChI is InChI=1S/C21H18ClF2N3O4/c1-26(20(29)30)17-11-31-18-14(17)8-13(9-15(18)22)16-3-2-12(10-25-16)19(28)27-6-4-21(23,24)5-7-27/h2-3,8-11H,4-7H2,1H3,(H,29,30). The van der Waals surface area contributed by atoms with E-state index in [-0.39, 0.29) is 36.9 Å². The predicted octanol–water partition coefficient (Wildman–Crippen LogP) is 5.13. The van der Waals surface area contributed by atoms with Crippen molar-refractivity contribution in [3.63, 3.8) is 0 Å². The van der Waals surface area contributed by atoms with E-state index in [0.717, 1.165) is 4.90 Å². The number of furan rings is 1. The van der Waals surface area contributed by atoms with E-state index in [9.17, 15) is 23.5 Å². The zero-order valence-corrected chi connectivity index (χ0v) is 17.2. The highest BCUT2D eigenvalue weighted by molar-refractivity contribution is 6.35. The fourth-order valence-corrected chi connectivity index (χ4v) is 3.77. The van der Waals surface area contributed by atoms with Crippen LogP contribution in [-0.4, -0.2) is 53.1 Å². The third-order valence-corrected chi connectivity index (χ3v) is 5.63. The van der Waals surface area contributed by atoms with E-state index in [0.29, 0.717) is 33.5 Å². The van der Waals surface area contributed by atoms with Gasteiger partial charge >= 0.3 is 6.09 Å². The summed E-state index contributed by atoms with van der Waals surface area (Å²) in [7, 11) is 1.39. The van der Waals surface area contributed by atoms with Crippen molar-refractivity contribution < 1.29 is 27.9 Å². The van der Waals surface area contributed by atoms with E-state index in [1.54, 1.807) is 24.3 Å². The number of hydrogen-bond acceptors (Lipinski definition) is 4. The van der Waals surface area contributed by atoms with Crippen LogP contribution in [-0.2, 0) is 0 Å². The molecule has 1 fully saturated rings. The molecule has 2 amide bonds. The normalized spacial score (nSPS) is 15.8. The highest BCUT2D eigenvalue weighted by Gasteiger charge is 2.35. The zero-order chi connectivity index (χ0) is 22.3. The molecule has 2 aromatic heterocycles. The molecule has 1 saturated heterocycles. The third kappa shape index (κ3) is 4.05. The first-order chi connectivity index (χ1) is 14.7. The van der Waals surface area contributed by atoms with Crippen LogP contribution in [0.2, 0.25) is 5.02 Å². The van der Waals surface area contributed by atoms with Gasteiger partial charge in [-0.1, -0.05) is 11.6 Å². The van der Waals surface area contributed by atoms with Gasteiger partial charge in [0.25, 0.3) is 11.8 Å². The Kier molecular flexibility index (Phi) is 5.30. The number of piperidine rings is 1. The van der Waals surface area contributed by atoms with Gasteiger partial charge < -0.3 is 14.4 Å². The molecule has 1 aliphatic heterocycles. The number of likely N-dealkylation sites (tertiary alicyclic amines) is 1. The van der Waals surface area contributed by atoms with Gasteiger partial charge in [0, 0.05) is 50.1 Å². The summed E-state index contributed by atoms with van der Waals surface area (Å²) in [4.78, 5) is 30.6. The van der Waals surface area contributed by atoms with Gasteiger partial charge in [0.15, 0.2) is 5.58 Å². The smallest absolute Gasteiger partial charge is 0.411 e. The first kappa shape index (κ1) is 21.0. The number of amides is 2. The topological polar surface area (TPSA) is 86.9 Å². The molecule has 0 saturated carbocycles. The number of aromatic nitrogens is 1. The molecule has 31 heavy (non-hydrogen) atoms. The second kappa shape index (κ2) is 7.81. The fraction of sp³-hybridized carbons (Fsp3) is 0.286. The number of halogens is 3. The van der Waals surface area contributed by atoms with Crippen LogP contribution >= 0.6 is 11.6 Å². The van der Waals surface area contributed by atoms with Gasteiger partial charge in [-0.05, 0) is 24.3 Å². The summed E-state index contributed by atoms with van der Waals surface area (Å²) >= 11 is 6.31. The Morgan fingerprint density at radius 3 is 2.58 bits per heavy atom. The summed E-state index contributed by atoms with van der Waals surface area (Å²) in [5.74, 6) is -3.07. The summed E-state index contributed by atoms with van der Waals surface area (Å²) in [6.07, 6.45) is 0.857. The maximum Gasteiger partial charge on any atom is 0.411 e. The van der Waals surface area contributed by atoms with Crippen LogP contribution in [0.5, 0.6) is 0 Å². The molecule has 3 heterocycles. The summed E-state index contributed by atoms with van der Waals surface area (Å²) in [5, 5.41) is 10.0. The molecule has 4 rings (SSSR count). The average Bonchev–Trinajstić information content (AvgIpc) is 3.17.